The Balaban J connectivity index is 2.11. The van der Waals surface area contributed by atoms with Crippen LogP contribution in [-0.2, 0) is 9.53 Å². The molecule has 1 N–H and O–H groups in total. The molecule has 0 aliphatic carbocycles. The largest absolute Gasteiger partial charge is 0.512 e. The Morgan fingerprint density at radius 2 is 2.00 bits per heavy atom. The third-order valence-corrected chi connectivity index (χ3v) is 3.37. The summed E-state index contributed by atoms with van der Waals surface area (Å²) in [7, 11) is 0. The molecule has 1 aromatic rings. The highest BCUT2D eigenvalue weighted by Gasteiger charge is 2.29. The molecule has 1 aliphatic rings. The molecule has 3 heteroatoms. The number of ether oxygens (including phenoxy) is 1. The molecule has 0 bridgehead atoms. The lowest BCUT2D eigenvalue weighted by Crippen LogP contribution is -2.21. The predicted molar refractivity (Wildman–Crippen MR) is 73.6 cm³/mol. The summed E-state index contributed by atoms with van der Waals surface area (Å²) in [6.45, 7) is 4.19. The Morgan fingerprint density at radius 1 is 1.32 bits per heavy atom. The highest BCUT2D eigenvalue weighted by atomic mass is 16.5. The van der Waals surface area contributed by atoms with Crippen molar-refractivity contribution in [3.8, 4) is 0 Å². The maximum Gasteiger partial charge on any atom is 0.338 e. The van der Waals surface area contributed by atoms with E-state index in [1.807, 2.05) is 30.3 Å². The molecule has 0 fully saturated rings. The van der Waals surface area contributed by atoms with E-state index in [0.29, 0.717) is 24.3 Å². The van der Waals surface area contributed by atoms with Crippen LogP contribution in [0.2, 0.25) is 0 Å². The van der Waals surface area contributed by atoms with E-state index < -0.39 is 0 Å². The molecule has 1 heterocycles. The molecule has 1 atom stereocenters. The van der Waals surface area contributed by atoms with Crippen LogP contribution in [0.1, 0.15) is 44.8 Å². The van der Waals surface area contributed by atoms with Gasteiger partial charge >= 0.3 is 5.97 Å². The molecule has 3 nitrogen and oxygen atoms in total. The Kier molecular flexibility index (Phi) is 4.25. The van der Waals surface area contributed by atoms with Gasteiger partial charge in [0.05, 0.1) is 5.57 Å². The number of rotatable bonds is 4. The number of hydrogen-bond acceptors (Lipinski definition) is 3. The monoisotopic (exact) mass is 260 g/mol. The highest BCUT2D eigenvalue weighted by molar-refractivity contribution is 5.90. The van der Waals surface area contributed by atoms with E-state index in [0.717, 1.165) is 12.0 Å². The van der Waals surface area contributed by atoms with Crippen LogP contribution in [0.25, 0.3) is 0 Å². The Morgan fingerprint density at radius 3 is 2.58 bits per heavy atom. The predicted octanol–water partition coefficient (Wildman–Crippen LogP) is 3.92. The van der Waals surface area contributed by atoms with E-state index in [1.165, 1.54) is 0 Å². The fourth-order valence-corrected chi connectivity index (χ4v) is 2.19. The van der Waals surface area contributed by atoms with Crippen molar-refractivity contribution < 1.29 is 14.6 Å². The molecule has 102 valence electrons. The first-order valence-electron chi connectivity index (χ1n) is 6.75. The number of carbonyl (C=O) groups excluding carboxylic acids is 1. The van der Waals surface area contributed by atoms with Gasteiger partial charge in [-0.2, -0.15) is 0 Å². The van der Waals surface area contributed by atoms with Gasteiger partial charge in [0.2, 0.25) is 0 Å². The second-order valence-corrected chi connectivity index (χ2v) is 5.37. The minimum absolute atomic E-state index is 0.186. The summed E-state index contributed by atoms with van der Waals surface area (Å²) in [5.41, 5.74) is 1.37. The van der Waals surface area contributed by atoms with Crippen molar-refractivity contribution in [2.75, 3.05) is 0 Å². The molecule has 0 spiro atoms. The summed E-state index contributed by atoms with van der Waals surface area (Å²) >= 11 is 0. The molecular formula is C16H20O3. The summed E-state index contributed by atoms with van der Waals surface area (Å²) in [4.78, 5) is 12.0. The van der Waals surface area contributed by atoms with Crippen LogP contribution >= 0.6 is 0 Å². The van der Waals surface area contributed by atoms with Crippen LogP contribution in [0.4, 0.5) is 0 Å². The quantitative estimate of drug-likeness (QED) is 0.834. The molecule has 0 saturated heterocycles. The van der Waals surface area contributed by atoms with Gasteiger partial charge in [-0.3, -0.25) is 0 Å². The van der Waals surface area contributed by atoms with Gasteiger partial charge in [-0.25, -0.2) is 4.79 Å². The van der Waals surface area contributed by atoms with Gasteiger partial charge in [0.1, 0.15) is 11.9 Å². The van der Waals surface area contributed by atoms with E-state index in [-0.39, 0.29) is 17.8 Å². The van der Waals surface area contributed by atoms with Crippen molar-refractivity contribution in [3.05, 3.63) is 47.2 Å². The maximum atomic E-state index is 12.0. The van der Waals surface area contributed by atoms with E-state index in [2.05, 4.69) is 13.8 Å². The van der Waals surface area contributed by atoms with Crippen LogP contribution < -0.4 is 0 Å². The topological polar surface area (TPSA) is 46.5 Å². The highest BCUT2D eigenvalue weighted by Crippen LogP contribution is 2.33. The van der Waals surface area contributed by atoms with Crippen molar-refractivity contribution in [2.45, 2.75) is 39.2 Å². The van der Waals surface area contributed by atoms with Crippen LogP contribution in [0.5, 0.6) is 0 Å². The molecule has 1 aromatic carbocycles. The van der Waals surface area contributed by atoms with E-state index in [1.54, 1.807) is 0 Å². The first-order chi connectivity index (χ1) is 9.08. The number of benzene rings is 1. The number of cyclic esters (lactones) is 1. The van der Waals surface area contributed by atoms with Crippen LogP contribution in [0.3, 0.4) is 0 Å². The van der Waals surface area contributed by atoms with Gasteiger partial charge in [-0.1, -0.05) is 44.2 Å². The zero-order valence-electron chi connectivity index (χ0n) is 11.4. The summed E-state index contributed by atoms with van der Waals surface area (Å²) in [6, 6.07) is 9.53. The Labute approximate surface area is 113 Å². The fraction of sp³-hybridized carbons (Fsp3) is 0.438. The number of carbonyl (C=O) groups is 1. The summed E-state index contributed by atoms with van der Waals surface area (Å²) in [5.74, 6) is 0.309. The smallest absolute Gasteiger partial charge is 0.338 e. The first-order valence-corrected chi connectivity index (χ1v) is 6.75. The minimum Gasteiger partial charge on any atom is -0.512 e. The fourth-order valence-electron chi connectivity index (χ4n) is 2.19. The zero-order chi connectivity index (χ0) is 13.8. The lowest BCUT2D eigenvalue weighted by molar-refractivity contribution is -0.147. The molecule has 2 rings (SSSR count). The molecule has 0 aromatic heterocycles. The number of esters is 1. The standard InChI is InChI=1S/C16H20O3/c1-11(2)8-9-13-14(17)10-15(19-16(13)18)12-6-4-3-5-7-12/h3-7,11,15,17H,8-10H2,1-2H3. The van der Waals surface area contributed by atoms with Gasteiger partial charge in [-0.05, 0) is 24.3 Å². The van der Waals surface area contributed by atoms with Crippen molar-refractivity contribution in [1.29, 1.82) is 0 Å². The average Bonchev–Trinajstić information content (AvgIpc) is 2.38. The summed E-state index contributed by atoms with van der Waals surface area (Å²) < 4.78 is 5.43. The SMILES string of the molecule is CC(C)CCC1=C(O)CC(c2ccccc2)OC1=O. The lowest BCUT2D eigenvalue weighted by atomic mass is 9.96. The van der Waals surface area contributed by atoms with Crippen molar-refractivity contribution in [1.82, 2.24) is 0 Å². The van der Waals surface area contributed by atoms with Crippen molar-refractivity contribution in [2.24, 2.45) is 5.92 Å². The normalized spacial score (nSPS) is 19.7. The van der Waals surface area contributed by atoms with Crippen LogP contribution in [-0.4, -0.2) is 11.1 Å². The summed E-state index contributed by atoms with van der Waals surface area (Å²) in [5, 5.41) is 10.1. The van der Waals surface area contributed by atoms with Crippen LogP contribution in [0.15, 0.2) is 41.7 Å². The number of aliphatic hydroxyl groups is 1. The second-order valence-electron chi connectivity index (χ2n) is 5.37. The lowest BCUT2D eigenvalue weighted by Gasteiger charge is -2.25. The molecule has 19 heavy (non-hydrogen) atoms. The van der Waals surface area contributed by atoms with Crippen LogP contribution in [0, 0.1) is 5.92 Å². The van der Waals surface area contributed by atoms with Crippen molar-refractivity contribution >= 4 is 5.97 Å². The molecule has 1 aliphatic heterocycles. The van der Waals surface area contributed by atoms with Gasteiger partial charge < -0.3 is 9.84 Å². The van der Waals surface area contributed by atoms with E-state index in [9.17, 15) is 9.90 Å². The Hall–Kier alpha value is -1.77. The van der Waals surface area contributed by atoms with E-state index >= 15 is 0 Å². The molecular weight excluding hydrogens is 240 g/mol. The van der Waals surface area contributed by atoms with Gasteiger partial charge in [-0.15, -0.1) is 0 Å². The maximum absolute atomic E-state index is 12.0. The average molecular weight is 260 g/mol. The van der Waals surface area contributed by atoms with Gasteiger partial charge in [0.15, 0.2) is 0 Å². The number of aliphatic hydroxyl groups excluding tert-OH is 1. The molecule has 0 amide bonds. The van der Waals surface area contributed by atoms with Gasteiger partial charge in [0, 0.05) is 6.42 Å². The second kappa shape index (κ2) is 5.91. The molecule has 0 saturated carbocycles. The van der Waals surface area contributed by atoms with E-state index in [4.69, 9.17) is 4.74 Å². The summed E-state index contributed by atoms with van der Waals surface area (Å²) in [6.07, 6.45) is 1.48. The molecule has 1 unspecified atom stereocenters. The Bertz CT molecular complexity index is 474. The third kappa shape index (κ3) is 3.37. The minimum atomic E-state index is -0.377. The van der Waals surface area contributed by atoms with Crippen molar-refractivity contribution in [3.63, 3.8) is 0 Å². The van der Waals surface area contributed by atoms with Gasteiger partial charge in [0.25, 0.3) is 0 Å². The zero-order valence-corrected chi connectivity index (χ0v) is 11.4. The number of hydrogen-bond donors (Lipinski definition) is 1. The third-order valence-electron chi connectivity index (χ3n) is 3.37. The molecule has 0 radical (unpaired) electrons. The first kappa shape index (κ1) is 13.7.